The molecule has 0 bridgehead atoms. The standard InChI is InChI=1S/C13H16O3/c1-8-7-10(16-2)5-6-11(8)13(15)12(14)9-3-4-9/h5-7,9,12,14H,3-4H2,1-2H3. The summed E-state index contributed by atoms with van der Waals surface area (Å²) in [5.41, 5.74) is 1.45. The highest BCUT2D eigenvalue weighted by Gasteiger charge is 2.35. The first kappa shape index (κ1) is 11.1. The van der Waals surface area contributed by atoms with Crippen molar-refractivity contribution in [1.29, 1.82) is 0 Å². The first-order valence-corrected chi connectivity index (χ1v) is 5.50. The van der Waals surface area contributed by atoms with Gasteiger partial charge in [0.15, 0.2) is 5.78 Å². The van der Waals surface area contributed by atoms with Gasteiger partial charge in [0.25, 0.3) is 0 Å². The van der Waals surface area contributed by atoms with Crippen LogP contribution in [0, 0.1) is 12.8 Å². The van der Waals surface area contributed by atoms with E-state index in [0.717, 1.165) is 24.2 Å². The Balaban J connectivity index is 2.22. The predicted molar refractivity (Wildman–Crippen MR) is 60.8 cm³/mol. The largest absolute Gasteiger partial charge is 0.497 e. The van der Waals surface area contributed by atoms with Gasteiger partial charge in [-0.25, -0.2) is 0 Å². The molecule has 0 heterocycles. The van der Waals surface area contributed by atoms with E-state index in [4.69, 9.17) is 4.74 Å². The summed E-state index contributed by atoms with van der Waals surface area (Å²) in [4.78, 5) is 12.0. The van der Waals surface area contributed by atoms with Crippen LogP contribution in [0.25, 0.3) is 0 Å². The van der Waals surface area contributed by atoms with Crippen LogP contribution in [0.3, 0.4) is 0 Å². The Hall–Kier alpha value is -1.35. The zero-order valence-electron chi connectivity index (χ0n) is 9.56. The number of methoxy groups -OCH3 is 1. The summed E-state index contributed by atoms with van der Waals surface area (Å²) < 4.78 is 5.08. The van der Waals surface area contributed by atoms with Gasteiger partial charge in [0.1, 0.15) is 11.9 Å². The van der Waals surface area contributed by atoms with Crippen LogP contribution in [-0.2, 0) is 0 Å². The van der Waals surface area contributed by atoms with E-state index in [-0.39, 0.29) is 11.7 Å². The number of Topliss-reactive ketones (excluding diaryl/α,β-unsaturated/α-hetero) is 1. The SMILES string of the molecule is COc1ccc(C(=O)C(O)C2CC2)c(C)c1. The average Bonchev–Trinajstić information content (AvgIpc) is 3.10. The van der Waals surface area contributed by atoms with Gasteiger partial charge in [0.2, 0.25) is 0 Å². The molecule has 3 nitrogen and oxygen atoms in total. The molecule has 2 rings (SSSR count). The van der Waals surface area contributed by atoms with Gasteiger partial charge in [-0.15, -0.1) is 0 Å². The number of hydrogen-bond donors (Lipinski definition) is 1. The maximum atomic E-state index is 12.0. The number of aliphatic hydroxyl groups excluding tert-OH is 1. The van der Waals surface area contributed by atoms with Gasteiger partial charge >= 0.3 is 0 Å². The fourth-order valence-electron chi connectivity index (χ4n) is 1.82. The molecule has 3 heteroatoms. The maximum Gasteiger partial charge on any atom is 0.191 e. The summed E-state index contributed by atoms with van der Waals surface area (Å²) in [6.07, 6.45) is 1.09. The zero-order valence-corrected chi connectivity index (χ0v) is 9.56. The fraction of sp³-hybridized carbons (Fsp3) is 0.462. The Morgan fingerprint density at radius 2 is 2.19 bits per heavy atom. The molecular weight excluding hydrogens is 204 g/mol. The summed E-state index contributed by atoms with van der Waals surface area (Å²) in [6, 6.07) is 5.29. The number of carbonyl (C=O) groups excluding carboxylic acids is 1. The van der Waals surface area contributed by atoms with Gasteiger partial charge < -0.3 is 9.84 Å². The molecule has 16 heavy (non-hydrogen) atoms. The molecule has 0 saturated heterocycles. The number of hydrogen-bond acceptors (Lipinski definition) is 3. The second-order valence-corrected chi connectivity index (χ2v) is 4.33. The number of aliphatic hydroxyl groups is 1. The number of benzene rings is 1. The van der Waals surface area contributed by atoms with E-state index >= 15 is 0 Å². The predicted octanol–water partition coefficient (Wildman–Crippen LogP) is 1.96. The van der Waals surface area contributed by atoms with Gasteiger partial charge in [0.05, 0.1) is 7.11 Å². The van der Waals surface area contributed by atoms with Crippen LogP contribution in [0.15, 0.2) is 18.2 Å². The van der Waals surface area contributed by atoms with E-state index in [1.807, 2.05) is 13.0 Å². The van der Waals surface area contributed by atoms with Gasteiger partial charge in [-0.1, -0.05) is 0 Å². The van der Waals surface area contributed by atoms with Crippen LogP contribution in [0.1, 0.15) is 28.8 Å². The lowest BCUT2D eigenvalue weighted by Crippen LogP contribution is -2.23. The van der Waals surface area contributed by atoms with Crippen molar-refractivity contribution in [2.45, 2.75) is 25.9 Å². The third-order valence-electron chi connectivity index (χ3n) is 3.04. The molecule has 86 valence electrons. The van der Waals surface area contributed by atoms with E-state index < -0.39 is 6.10 Å². The topological polar surface area (TPSA) is 46.5 Å². The fourth-order valence-corrected chi connectivity index (χ4v) is 1.82. The van der Waals surface area contributed by atoms with Crippen LogP contribution in [-0.4, -0.2) is 24.1 Å². The van der Waals surface area contributed by atoms with Gasteiger partial charge in [-0.05, 0) is 49.4 Å². The summed E-state index contributed by atoms with van der Waals surface area (Å²) in [6.45, 7) is 1.86. The number of ketones is 1. The van der Waals surface area contributed by atoms with E-state index in [0.29, 0.717) is 5.56 Å². The maximum absolute atomic E-state index is 12.0. The monoisotopic (exact) mass is 220 g/mol. The molecule has 0 aliphatic heterocycles. The molecule has 1 N–H and O–H groups in total. The molecule has 1 aromatic rings. The lowest BCUT2D eigenvalue weighted by molar-refractivity contribution is 0.0703. The highest BCUT2D eigenvalue weighted by Crippen LogP contribution is 2.34. The smallest absolute Gasteiger partial charge is 0.191 e. The highest BCUT2D eigenvalue weighted by molar-refractivity contribution is 6.01. The van der Waals surface area contributed by atoms with Crippen LogP contribution in [0.5, 0.6) is 5.75 Å². The number of aryl methyl sites for hydroxylation is 1. The van der Waals surface area contributed by atoms with Crippen molar-refractivity contribution in [3.63, 3.8) is 0 Å². The van der Waals surface area contributed by atoms with E-state index in [1.165, 1.54) is 0 Å². The minimum atomic E-state index is -0.827. The molecule has 1 aliphatic rings. The van der Waals surface area contributed by atoms with Crippen molar-refractivity contribution in [1.82, 2.24) is 0 Å². The van der Waals surface area contributed by atoms with Crippen molar-refractivity contribution in [2.75, 3.05) is 7.11 Å². The highest BCUT2D eigenvalue weighted by atomic mass is 16.5. The molecule has 1 aliphatic carbocycles. The third-order valence-corrected chi connectivity index (χ3v) is 3.04. The Morgan fingerprint density at radius 1 is 1.50 bits per heavy atom. The number of ether oxygens (including phenoxy) is 1. The minimum absolute atomic E-state index is 0.164. The van der Waals surface area contributed by atoms with E-state index in [1.54, 1.807) is 19.2 Å². The van der Waals surface area contributed by atoms with Gasteiger partial charge in [-0.2, -0.15) is 0 Å². The van der Waals surface area contributed by atoms with Crippen LogP contribution in [0.4, 0.5) is 0 Å². The minimum Gasteiger partial charge on any atom is -0.497 e. The Bertz CT molecular complexity index is 408. The average molecular weight is 220 g/mol. The Labute approximate surface area is 95.0 Å². The Morgan fingerprint density at radius 3 is 2.69 bits per heavy atom. The molecule has 1 fully saturated rings. The first-order chi connectivity index (χ1) is 7.63. The molecule has 1 saturated carbocycles. The molecule has 0 aromatic heterocycles. The summed E-state index contributed by atoms with van der Waals surface area (Å²) >= 11 is 0. The molecule has 1 aromatic carbocycles. The first-order valence-electron chi connectivity index (χ1n) is 5.50. The molecule has 0 radical (unpaired) electrons. The van der Waals surface area contributed by atoms with Crippen molar-refractivity contribution >= 4 is 5.78 Å². The molecular formula is C13H16O3. The number of carbonyl (C=O) groups is 1. The quantitative estimate of drug-likeness (QED) is 0.789. The zero-order chi connectivity index (χ0) is 11.7. The van der Waals surface area contributed by atoms with Crippen molar-refractivity contribution in [3.8, 4) is 5.75 Å². The van der Waals surface area contributed by atoms with Gasteiger partial charge in [-0.3, -0.25) is 4.79 Å². The lowest BCUT2D eigenvalue weighted by atomic mass is 9.98. The summed E-state index contributed by atoms with van der Waals surface area (Å²) in [5.74, 6) is 0.742. The van der Waals surface area contributed by atoms with Crippen molar-refractivity contribution in [2.24, 2.45) is 5.92 Å². The lowest BCUT2D eigenvalue weighted by Gasteiger charge is -2.11. The van der Waals surface area contributed by atoms with Crippen molar-refractivity contribution < 1.29 is 14.6 Å². The normalized spacial score (nSPS) is 16.9. The van der Waals surface area contributed by atoms with Crippen LogP contribution >= 0.6 is 0 Å². The van der Waals surface area contributed by atoms with Crippen LogP contribution in [0.2, 0.25) is 0 Å². The van der Waals surface area contributed by atoms with Gasteiger partial charge in [0, 0.05) is 5.56 Å². The summed E-state index contributed by atoms with van der Waals surface area (Å²) in [7, 11) is 1.59. The second-order valence-electron chi connectivity index (χ2n) is 4.33. The van der Waals surface area contributed by atoms with Crippen LogP contribution < -0.4 is 4.74 Å². The molecule has 1 atom stereocenters. The number of rotatable bonds is 4. The van der Waals surface area contributed by atoms with Crippen molar-refractivity contribution in [3.05, 3.63) is 29.3 Å². The Kier molecular flexibility index (Phi) is 2.97. The molecule has 0 spiro atoms. The second kappa shape index (κ2) is 4.26. The summed E-state index contributed by atoms with van der Waals surface area (Å²) in [5, 5.41) is 9.78. The van der Waals surface area contributed by atoms with E-state index in [9.17, 15) is 9.90 Å². The molecule has 1 unspecified atom stereocenters. The molecule has 0 amide bonds. The van der Waals surface area contributed by atoms with E-state index in [2.05, 4.69) is 0 Å². The third kappa shape index (κ3) is 2.09.